The van der Waals surface area contributed by atoms with Crippen LogP contribution < -0.4 is 10.6 Å². The number of amides is 1. The molecule has 2 aliphatic rings. The van der Waals surface area contributed by atoms with Crippen LogP contribution in [-0.4, -0.2) is 75.5 Å². The SMILES string of the molecule is CCNC1COCC1C(=O)NCC1CN(CC)CCO1. The molecule has 0 radical (unpaired) electrons. The van der Waals surface area contributed by atoms with Gasteiger partial charge >= 0.3 is 0 Å². The molecule has 2 N–H and O–H groups in total. The second-order valence-corrected chi connectivity index (χ2v) is 5.44. The number of rotatable bonds is 6. The third-order valence-electron chi connectivity index (χ3n) is 4.06. The lowest BCUT2D eigenvalue weighted by Gasteiger charge is -2.32. The number of morpholine rings is 1. The average Bonchev–Trinajstić information content (AvgIpc) is 2.94. The van der Waals surface area contributed by atoms with Crippen LogP contribution in [0.3, 0.4) is 0 Å². The van der Waals surface area contributed by atoms with Crippen molar-refractivity contribution in [2.24, 2.45) is 5.92 Å². The Balaban J connectivity index is 1.74. The van der Waals surface area contributed by atoms with E-state index in [1.807, 2.05) is 6.92 Å². The zero-order valence-electron chi connectivity index (χ0n) is 12.6. The van der Waals surface area contributed by atoms with Gasteiger partial charge in [-0.25, -0.2) is 0 Å². The van der Waals surface area contributed by atoms with E-state index in [0.717, 1.165) is 32.8 Å². The summed E-state index contributed by atoms with van der Waals surface area (Å²) in [4.78, 5) is 14.6. The van der Waals surface area contributed by atoms with Gasteiger partial charge in [0, 0.05) is 25.7 Å². The third kappa shape index (κ3) is 4.15. The van der Waals surface area contributed by atoms with Crippen LogP contribution in [0.4, 0.5) is 0 Å². The van der Waals surface area contributed by atoms with E-state index >= 15 is 0 Å². The zero-order valence-corrected chi connectivity index (χ0v) is 12.6. The van der Waals surface area contributed by atoms with Gasteiger partial charge in [0.2, 0.25) is 5.91 Å². The van der Waals surface area contributed by atoms with Crippen molar-refractivity contribution in [3.8, 4) is 0 Å². The molecule has 116 valence electrons. The van der Waals surface area contributed by atoms with Gasteiger partial charge in [0.15, 0.2) is 0 Å². The van der Waals surface area contributed by atoms with Crippen LogP contribution >= 0.6 is 0 Å². The number of nitrogens with one attached hydrogen (secondary N) is 2. The van der Waals surface area contributed by atoms with Crippen molar-refractivity contribution >= 4 is 5.91 Å². The summed E-state index contributed by atoms with van der Waals surface area (Å²) < 4.78 is 11.1. The summed E-state index contributed by atoms with van der Waals surface area (Å²) in [6, 6.07) is 0.138. The van der Waals surface area contributed by atoms with E-state index in [-0.39, 0.29) is 24.0 Å². The highest BCUT2D eigenvalue weighted by Crippen LogP contribution is 2.14. The van der Waals surface area contributed by atoms with E-state index in [1.165, 1.54) is 0 Å². The first-order valence-corrected chi connectivity index (χ1v) is 7.67. The van der Waals surface area contributed by atoms with Crippen molar-refractivity contribution in [3.05, 3.63) is 0 Å². The normalized spacial score (nSPS) is 31.4. The average molecular weight is 285 g/mol. The summed E-state index contributed by atoms with van der Waals surface area (Å²) in [5.74, 6) is -0.00788. The van der Waals surface area contributed by atoms with Crippen molar-refractivity contribution in [3.63, 3.8) is 0 Å². The molecule has 0 aliphatic carbocycles. The molecule has 2 rings (SSSR count). The van der Waals surface area contributed by atoms with Gasteiger partial charge in [-0.05, 0) is 13.1 Å². The Morgan fingerprint density at radius 2 is 2.20 bits per heavy atom. The molecule has 3 atom stereocenters. The number of hydrogen-bond acceptors (Lipinski definition) is 5. The molecular weight excluding hydrogens is 258 g/mol. The first-order chi connectivity index (χ1) is 9.74. The van der Waals surface area contributed by atoms with Crippen LogP contribution in [0.1, 0.15) is 13.8 Å². The number of hydrogen-bond donors (Lipinski definition) is 2. The molecule has 0 aromatic carbocycles. The molecule has 1 amide bonds. The monoisotopic (exact) mass is 285 g/mol. The van der Waals surface area contributed by atoms with Gasteiger partial charge < -0.3 is 20.1 Å². The molecule has 2 saturated heterocycles. The second-order valence-electron chi connectivity index (χ2n) is 5.44. The molecule has 3 unspecified atom stereocenters. The van der Waals surface area contributed by atoms with E-state index in [1.54, 1.807) is 0 Å². The lowest BCUT2D eigenvalue weighted by atomic mass is 10.0. The predicted molar refractivity (Wildman–Crippen MR) is 76.6 cm³/mol. The summed E-state index contributed by atoms with van der Waals surface area (Å²) >= 11 is 0. The van der Waals surface area contributed by atoms with Crippen LogP contribution in [0.15, 0.2) is 0 Å². The summed E-state index contributed by atoms with van der Waals surface area (Å²) in [6.45, 7) is 10.4. The molecule has 2 aliphatic heterocycles. The van der Waals surface area contributed by atoms with Crippen molar-refractivity contribution < 1.29 is 14.3 Å². The minimum Gasteiger partial charge on any atom is -0.379 e. The second kappa shape index (κ2) is 7.93. The van der Waals surface area contributed by atoms with Crippen LogP contribution in [0.25, 0.3) is 0 Å². The van der Waals surface area contributed by atoms with Crippen LogP contribution in [-0.2, 0) is 14.3 Å². The van der Waals surface area contributed by atoms with Crippen molar-refractivity contribution in [1.29, 1.82) is 0 Å². The van der Waals surface area contributed by atoms with Crippen molar-refractivity contribution in [2.75, 3.05) is 52.5 Å². The van der Waals surface area contributed by atoms with E-state index < -0.39 is 0 Å². The van der Waals surface area contributed by atoms with E-state index in [9.17, 15) is 4.79 Å². The Morgan fingerprint density at radius 3 is 2.95 bits per heavy atom. The van der Waals surface area contributed by atoms with E-state index in [2.05, 4.69) is 22.5 Å². The van der Waals surface area contributed by atoms with Gasteiger partial charge in [-0.1, -0.05) is 13.8 Å². The van der Waals surface area contributed by atoms with Gasteiger partial charge in [0.25, 0.3) is 0 Å². The van der Waals surface area contributed by atoms with Gasteiger partial charge in [0.05, 0.1) is 31.8 Å². The topological polar surface area (TPSA) is 62.8 Å². The first kappa shape index (κ1) is 15.7. The van der Waals surface area contributed by atoms with Crippen molar-refractivity contribution in [2.45, 2.75) is 26.0 Å². The lowest BCUT2D eigenvalue weighted by Crippen LogP contribution is -2.50. The molecule has 0 bridgehead atoms. The fraction of sp³-hybridized carbons (Fsp3) is 0.929. The highest BCUT2D eigenvalue weighted by Gasteiger charge is 2.33. The number of carbonyl (C=O) groups excluding carboxylic acids is 1. The first-order valence-electron chi connectivity index (χ1n) is 7.67. The molecule has 6 heteroatoms. The molecule has 0 aromatic heterocycles. The highest BCUT2D eigenvalue weighted by molar-refractivity contribution is 5.79. The van der Waals surface area contributed by atoms with Gasteiger partial charge in [-0.15, -0.1) is 0 Å². The molecule has 0 aromatic rings. The Kier molecular flexibility index (Phi) is 6.22. The van der Waals surface area contributed by atoms with Gasteiger partial charge in [0.1, 0.15) is 0 Å². The Hall–Kier alpha value is -0.690. The maximum atomic E-state index is 12.2. The predicted octanol–water partition coefficient (Wildman–Crippen LogP) is -0.552. The van der Waals surface area contributed by atoms with E-state index in [4.69, 9.17) is 9.47 Å². The summed E-state index contributed by atoms with van der Waals surface area (Å²) in [5.41, 5.74) is 0. The van der Waals surface area contributed by atoms with Crippen LogP contribution in [0.5, 0.6) is 0 Å². The molecular formula is C14H27N3O3. The molecule has 6 nitrogen and oxygen atoms in total. The Labute approximate surface area is 121 Å². The van der Waals surface area contributed by atoms with Gasteiger partial charge in [-0.3, -0.25) is 9.69 Å². The smallest absolute Gasteiger partial charge is 0.227 e. The minimum atomic E-state index is -0.0826. The highest BCUT2D eigenvalue weighted by atomic mass is 16.5. The quantitative estimate of drug-likeness (QED) is 0.685. The minimum absolute atomic E-state index is 0.0747. The lowest BCUT2D eigenvalue weighted by molar-refractivity contribution is -0.126. The summed E-state index contributed by atoms with van der Waals surface area (Å²) in [5, 5.41) is 6.32. The summed E-state index contributed by atoms with van der Waals surface area (Å²) in [6.07, 6.45) is 0.104. The number of likely N-dealkylation sites (N-methyl/N-ethyl adjacent to an activating group) is 2. The van der Waals surface area contributed by atoms with Gasteiger partial charge in [-0.2, -0.15) is 0 Å². The molecule has 0 saturated carbocycles. The largest absolute Gasteiger partial charge is 0.379 e. The standard InChI is InChI=1S/C14H27N3O3/c1-3-15-13-10-19-9-12(13)14(18)16-7-11-8-17(4-2)5-6-20-11/h11-13,15H,3-10H2,1-2H3,(H,16,18). The Bertz CT molecular complexity index is 314. The molecule has 20 heavy (non-hydrogen) atoms. The van der Waals surface area contributed by atoms with Crippen molar-refractivity contribution in [1.82, 2.24) is 15.5 Å². The number of nitrogens with zero attached hydrogens (tertiary/aromatic N) is 1. The number of ether oxygens (including phenoxy) is 2. The van der Waals surface area contributed by atoms with E-state index in [0.29, 0.717) is 19.8 Å². The molecule has 0 spiro atoms. The molecule has 2 heterocycles. The molecule has 2 fully saturated rings. The third-order valence-corrected chi connectivity index (χ3v) is 4.06. The van der Waals surface area contributed by atoms with Crippen LogP contribution in [0.2, 0.25) is 0 Å². The van der Waals surface area contributed by atoms with Crippen LogP contribution in [0, 0.1) is 5.92 Å². The fourth-order valence-electron chi connectivity index (χ4n) is 2.81. The maximum absolute atomic E-state index is 12.2. The Morgan fingerprint density at radius 1 is 1.35 bits per heavy atom. The zero-order chi connectivity index (χ0) is 14.4. The fourth-order valence-corrected chi connectivity index (χ4v) is 2.81. The summed E-state index contributed by atoms with van der Waals surface area (Å²) in [7, 11) is 0. The maximum Gasteiger partial charge on any atom is 0.227 e. The number of carbonyl (C=O) groups is 1.